The lowest BCUT2D eigenvalue weighted by molar-refractivity contribution is -0.137. The van der Waals surface area contributed by atoms with Crippen LogP contribution in [0.1, 0.15) is 29.7 Å². The first kappa shape index (κ1) is 20.0. The van der Waals surface area contributed by atoms with Crippen molar-refractivity contribution in [1.29, 1.82) is 10.5 Å². The fourth-order valence-corrected chi connectivity index (χ4v) is 3.32. The van der Waals surface area contributed by atoms with E-state index in [-0.39, 0.29) is 17.0 Å². The van der Waals surface area contributed by atoms with Gasteiger partial charge in [0.1, 0.15) is 0 Å². The van der Waals surface area contributed by atoms with Crippen molar-refractivity contribution in [3.05, 3.63) is 76.5 Å². The predicted octanol–water partition coefficient (Wildman–Crippen LogP) is 4.99. The molecule has 0 aliphatic carbocycles. The van der Waals surface area contributed by atoms with Gasteiger partial charge in [0.05, 0.1) is 40.6 Å². The molecule has 0 unspecified atom stereocenters. The molecule has 0 fully saturated rings. The van der Waals surface area contributed by atoms with Crippen molar-refractivity contribution in [3.63, 3.8) is 0 Å². The summed E-state index contributed by atoms with van der Waals surface area (Å²) < 4.78 is 39.3. The molecule has 146 valence electrons. The average Bonchev–Trinajstić information content (AvgIpc) is 2.70. The van der Waals surface area contributed by atoms with Crippen molar-refractivity contribution >= 4 is 11.7 Å². The number of hydrogen-bond acceptors (Lipinski definition) is 3. The van der Waals surface area contributed by atoms with Gasteiger partial charge in [0.2, 0.25) is 0 Å². The van der Waals surface area contributed by atoms with Crippen molar-refractivity contribution in [1.82, 2.24) is 4.90 Å². The molecule has 1 atom stereocenters. The molecule has 0 aromatic heterocycles. The minimum Gasteiger partial charge on any atom is -0.315 e. The van der Waals surface area contributed by atoms with Gasteiger partial charge >= 0.3 is 12.2 Å². The van der Waals surface area contributed by atoms with Crippen LogP contribution < -0.4 is 4.90 Å². The molecule has 2 aromatic rings. The molecule has 1 aliphatic heterocycles. The van der Waals surface area contributed by atoms with Crippen LogP contribution in [-0.4, -0.2) is 18.0 Å². The molecular formula is C21H15F3N4O. The second kappa shape index (κ2) is 7.33. The SMILES string of the molecule is CC1=C(C#N)[C@@H](c2ccc(C#N)cc2)N(C)C(=O)N1c1cccc(C(F)(F)F)c1. The summed E-state index contributed by atoms with van der Waals surface area (Å²) in [5.41, 5.74) is 0.687. The van der Waals surface area contributed by atoms with E-state index < -0.39 is 23.8 Å². The zero-order valence-electron chi connectivity index (χ0n) is 15.5. The van der Waals surface area contributed by atoms with Gasteiger partial charge in [0, 0.05) is 12.7 Å². The Balaban J connectivity index is 2.12. The van der Waals surface area contributed by atoms with Crippen LogP contribution in [0.25, 0.3) is 0 Å². The summed E-state index contributed by atoms with van der Waals surface area (Å²) >= 11 is 0. The van der Waals surface area contributed by atoms with Crippen LogP contribution >= 0.6 is 0 Å². The average molecular weight is 396 g/mol. The third-order valence-corrected chi connectivity index (χ3v) is 4.79. The third kappa shape index (κ3) is 3.53. The predicted molar refractivity (Wildman–Crippen MR) is 99.3 cm³/mol. The highest BCUT2D eigenvalue weighted by Gasteiger charge is 2.39. The van der Waals surface area contributed by atoms with Crippen LogP contribution in [0.4, 0.5) is 23.7 Å². The molecule has 2 aromatic carbocycles. The quantitative estimate of drug-likeness (QED) is 0.718. The Labute approximate surface area is 165 Å². The van der Waals surface area contributed by atoms with E-state index >= 15 is 0 Å². The molecule has 8 heteroatoms. The van der Waals surface area contributed by atoms with Crippen LogP contribution in [0.5, 0.6) is 0 Å². The van der Waals surface area contributed by atoms with Crippen molar-refractivity contribution in [2.24, 2.45) is 0 Å². The fourth-order valence-electron chi connectivity index (χ4n) is 3.32. The number of carbonyl (C=O) groups excluding carboxylic acids is 1. The van der Waals surface area contributed by atoms with E-state index in [1.165, 1.54) is 31.0 Å². The number of likely N-dealkylation sites (N-methyl/N-ethyl adjacent to an activating group) is 1. The zero-order valence-corrected chi connectivity index (χ0v) is 15.5. The van der Waals surface area contributed by atoms with Gasteiger partial charge in [0.15, 0.2) is 0 Å². The number of alkyl halides is 3. The summed E-state index contributed by atoms with van der Waals surface area (Å²) in [4.78, 5) is 15.4. The molecule has 0 saturated heterocycles. The smallest absolute Gasteiger partial charge is 0.315 e. The van der Waals surface area contributed by atoms with Crippen LogP contribution in [0.2, 0.25) is 0 Å². The highest BCUT2D eigenvalue weighted by atomic mass is 19.4. The molecule has 0 bridgehead atoms. The maximum atomic E-state index is 13.1. The number of carbonyl (C=O) groups is 1. The van der Waals surface area contributed by atoms with Gasteiger partial charge < -0.3 is 4.90 Å². The van der Waals surface area contributed by atoms with E-state index in [4.69, 9.17) is 5.26 Å². The van der Waals surface area contributed by atoms with E-state index in [0.717, 1.165) is 17.0 Å². The number of halogens is 3. The van der Waals surface area contributed by atoms with E-state index in [9.17, 15) is 23.2 Å². The largest absolute Gasteiger partial charge is 0.416 e. The summed E-state index contributed by atoms with van der Waals surface area (Å²) in [5, 5.41) is 18.7. The highest BCUT2D eigenvalue weighted by Crippen LogP contribution is 2.39. The molecule has 3 rings (SSSR count). The summed E-state index contributed by atoms with van der Waals surface area (Å²) in [5.74, 6) is 0. The first-order valence-electron chi connectivity index (χ1n) is 8.54. The number of rotatable bonds is 2. The van der Waals surface area contributed by atoms with Gasteiger partial charge in [-0.15, -0.1) is 0 Å². The molecule has 1 aliphatic rings. The summed E-state index contributed by atoms with van der Waals surface area (Å²) in [6, 6.07) is 13.7. The molecule has 0 radical (unpaired) electrons. The van der Waals surface area contributed by atoms with E-state index in [2.05, 4.69) is 6.07 Å². The number of nitriles is 2. The number of benzene rings is 2. The lowest BCUT2D eigenvalue weighted by Gasteiger charge is -2.40. The Morgan fingerprint density at radius 2 is 1.69 bits per heavy atom. The molecular weight excluding hydrogens is 381 g/mol. The first-order chi connectivity index (χ1) is 13.7. The van der Waals surface area contributed by atoms with Crippen LogP contribution in [-0.2, 0) is 6.18 Å². The molecule has 0 N–H and O–H groups in total. The fraction of sp³-hybridized carbons (Fsp3) is 0.190. The highest BCUT2D eigenvalue weighted by molar-refractivity contribution is 5.97. The minimum atomic E-state index is -4.55. The second-order valence-corrected chi connectivity index (χ2v) is 6.52. The van der Waals surface area contributed by atoms with Gasteiger partial charge in [-0.05, 0) is 42.8 Å². The van der Waals surface area contributed by atoms with Crippen molar-refractivity contribution < 1.29 is 18.0 Å². The molecule has 1 heterocycles. The number of allylic oxidation sites excluding steroid dienone is 1. The van der Waals surface area contributed by atoms with Crippen LogP contribution in [0.15, 0.2) is 59.8 Å². The number of urea groups is 1. The second-order valence-electron chi connectivity index (χ2n) is 6.52. The summed E-state index contributed by atoms with van der Waals surface area (Å²) in [6.45, 7) is 1.53. The van der Waals surface area contributed by atoms with Crippen molar-refractivity contribution in [2.75, 3.05) is 11.9 Å². The summed E-state index contributed by atoms with van der Waals surface area (Å²) in [7, 11) is 1.48. The number of nitrogens with zero attached hydrogens (tertiary/aromatic N) is 4. The molecule has 5 nitrogen and oxygen atoms in total. The number of hydrogen-bond donors (Lipinski definition) is 0. The lowest BCUT2D eigenvalue weighted by atomic mass is 9.93. The number of anilines is 1. The van der Waals surface area contributed by atoms with Gasteiger partial charge in [-0.25, -0.2) is 4.79 Å². The van der Waals surface area contributed by atoms with E-state index in [0.29, 0.717) is 11.1 Å². The van der Waals surface area contributed by atoms with E-state index in [1.54, 1.807) is 24.3 Å². The molecule has 2 amide bonds. The van der Waals surface area contributed by atoms with Crippen molar-refractivity contribution in [2.45, 2.75) is 19.1 Å². The Hall–Kier alpha value is -3.78. The lowest BCUT2D eigenvalue weighted by Crippen LogP contribution is -2.47. The van der Waals surface area contributed by atoms with Crippen LogP contribution in [0.3, 0.4) is 0 Å². The number of amides is 2. The Morgan fingerprint density at radius 1 is 1.03 bits per heavy atom. The Bertz CT molecular complexity index is 1070. The minimum absolute atomic E-state index is 0.0280. The topological polar surface area (TPSA) is 71.1 Å². The Morgan fingerprint density at radius 3 is 2.24 bits per heavy atom. The van der Waals surface area contributed by atoms with Crippen LogP contribution in [0, 0.1) is 22.7 Å². The molecule has 0 spiro atoms. The van der Waals surface area contributed by atoms with Gasteiger partial charge in [-0.3, -0.25) is 4.90 Å². The maximum Gasteiger partial charge on any atom is 0.416 e. The first-order valence-corrected chi connectivity index (χ1v) is 8.54. The van der Waals surface area contributed by atoms with Gasteiger partial charge in [-0.1, -0.05) is 18.2 Å². The monoisotopic (exact) mass is 396 g/mol. The normalized spacial score (nSPS) is 17.2. The Kier molecular flexibility index (Phi) is 5.04. The van der Waals surface area contributed by atoms with Crippen molar-refractivity contribution in [3.8, 4) is 12.1 Å². The molecule has 0 saturated carbocycles. The summed E-state index contributed by atoms with van der Waals surface area (Å²) in [6.07, 6.45) is -4.55. The standard InChI is InChI=1S/C21H15F3N4O/c1-13-18(12-26)19(15-8-6-14(11-25)7-9-15)27(2)20(29)28(13)17-5-3-4-16(10-17)21(22,23)24/h3-10,19H,1-2H3/t19-/m1/s1. The zero-order chi connectivity index (χ0) is 21.3. The third-order valence-electron chi connectivity index (χ3n) is 4.79. The van der Waals surface area contributed by atoms with Gasteiger partial charge in [0.25, 0.3) is 0 Å². The van der Waals surface area contributed by atoms with Gasteiger partial charge in [-0.2, -0.15) is 23.7 Å². The molecule has 29 heavy (non-hydrogen) atoms. The van der Waals surface area contributed by atoms with E-state index in [1.807, 2.05) is 6.07 Å². The maximum absolute atomic E-state index is 13.1.